The van der Waals surface area contributed by atoms with Crippen LogP contribution in [0.3, 0.4) is 0 Å². The van der Waals surface area contributed by atoms with Crippen LogP contribution >= 0.6 is 0 Å². The molecule has 9 nitrogen and oxygen atoms in total. The molecule has 0 spiro atoms. The van der Waals surface area contributed by atoms with Crippen LogP contribution in [0.5, 0.6) is 0 Å². The molecule has 0 aromatic rings. The first-order valence-corrected chi connectivity index (χ1v) is 14.9. The molecule has 0 bridgehead atoms. The van der Waals surface area contributed by atoms with Gasteiger partial charge in [-0.1, -0.05) is 13.8 Å². The first-order chi connectivity index (χ1) is 18.4. The average molecular weight is 551 g/mol. The number of carbonyl (C=O) groups is 1. The average Bonchev–Trinajstić information content (AvgIpc) is 3.43. The second kappa shape index (κ2) is 9.48. The highest BCUT2D eigenvalue weighted by Gasteiger charge is 2.70. The summed E-state index contributed by atoms with van der Waals surface area (Å²) < 4.78 is 22.6. The molecule has 13 atom stereocenters. The summed E-state index contributed by atoms with van der Waals surface area (Å²) in [5.74, 6) is 0.151. The molecule has 4 saturated carbocycles. The summed E-state index contributed by atoms with van der Waals surface area (Å²) in [6.45, 7) is 6.48. The zero-order chi connectivity index (χ0) is 28.0. The molecule has 4 N–H and O–H groups in total. The maximum atomic E-state index is 12.4. The van der Waals surface area contributed by atoms with Crippen molar-refractivity contribution < 1.29 is 44.2 Å². The predicted octanol–water partition coefficient (Wildman–Crippen LogP) is 2.23. The van der Waals surface area contributed by atoms with Crippen LogP contribution in [0.1, 0.15) is 78.6 Å². The van der Waals surface area contributed by atoms with Gasteiger partial charge in [-0.3, -0.25) is 0 Å². The monoisotopic (exact) mass is 550 g/mol. The molecule has 6 rings (SSSR count). The van der Waals surface area contributed by atoms with Crippen LogP contribution in [0.4, 0.5) is 0 Å². The minimum Gasteiger partial charge on any atom is -0.458 e. The number of methoxy groups -OCH3 is 1. The summed E-state index contributed by atoms with van der Waals surface area (Å²) in [5.41, 5.74) is -1.43. The van der Waals surface area contributed by atoms with Crippen molar-refractivity contribution in [2.75, 3.05) is 13.7 Å². The third-order valence-corrected chi connectivity index (χ3v) is 12.5. The minimum absolute atomic E-state index is 0.0934. The van der Waals surface area contributed by atoms with Gasteiger partial charge in [0, 0.05) is 25.0 Å². The van der Waals surface area contributed by atoms with Gasteiger partial charge in [0.25, 0.3) is 0 Å². The lowest BCUT2D eigenvalue weighted by Gasteiger charge is -2.66. The molecule has 39 heavy (non-hydrogen) atoms. The number of rotatable bonds is 4. The van der Waals surface area contributed by atoms with Crippen LogP contribution < -0.4 is 0 Å². The summed E-state index contributed by atoms with van der Waals surface area (Å²) in [6.07, 6.45) is 3.58. The number of ether oxygens (including phenoxy) is 4. The van der Waals surface area contributed by atoms with E-state index in [1.807, 2.05) is 0 Å². The number of fused-ring (bicyclic) bond motifs is 5. The zero-order valence-corrected chi connectivity index (χ0v) is 23.7. The van der Waals surface area contributed by atoms with Crippen LogP contribution in [-0.4, -0.2) is 88.1 Å². The van der Waals surface area contributed by atoms with E-state index in [2.05, 4.69) is 13.8 Å². The van der Waals surface area contributed by atoms with Crippen molar-refractivity contribution in [2.24, 2.45) is 28.6 Å². The highest BCUT2D eigenvalue weighted by atomic mass is 16.7. The Morgan fingerprint density at radius 1 is 0.949 bits per heavy atom. The fraction of sp³-hybridized carbons (Fsp3) is 0.900. The van der Waals surface area contributed by atoms with Crippen molar-refractivity contribution in [1.82, 2.24) is 0 Å². The quantitative estimate of drug-likeness (QED) is 0.307. The maximum Gasteiger partial charge on any atom is 0.331 e. The predicted molar refractivity (Wildman–Crippen MR) is 139 cm³/mol. The lowest BCUT2D eigenvalue weighted by atomic mass is 9.42. The van der Waals surface area contributed by atoms with Crippen LogP contribution in [0, 0.1) is 28.6 Å². The smallest absolute Gasteiger partial charge is 0.331 e. The van der Waals surface area contributed by atoms with Crippen molar-refractivity contribution in [3.63, 3.8) is 0 Å². The van der Waals surface area contributed by atoms with Crippen LogP contribution in [0.2, 0.25) is 0 Å². The van der Waals surface area contributed by atoms with Crippen molar-refractivity contribution in [2.45, 2.75) is 127 Å². The summed E-state index contributed by atoms with van der Waals surface area (Å²) in [7, 11) is 1.45. The normalized spacial score (nSPS) is 55.3. The highest BCUT2D eigenvalue weighted by molar-refractivity contribution is 5.85. The largest absolute Gasteiger partial charge is 0.458 e. The summed E-state index contributed by atoms with van der Waals surface area (Å²) >= 11 is 0. The molecular weight excluding hydrogens is 504 g/mol. The second-order valence-electron chi connectivity index (χ2n) is 13.9. The molecule has 2 heterocycles. The van der Waals surface area contributed by atoms with Gasteiger partial charge in [-0.25, -0.2) is 4.79 Å². The Balaban J connectivity index is 1.19. The fourth-order valence-electron chi connectivity index (χ4n) is 10.1. The van der Waals surface area contributed by atoms with Crippen molar-refractivity contribution in [3.8, 4) is 0 Å². The Labute approximate surface area is 230 Å². The van der Waals surface area contributed by atoms with Crippen molar-refractivity contribution in [3.05, 3.63) is 11.6 Å². The SMILES string of the molecule is CO[C@@H]1[C@H](O)[C@H](O[C@@H]2CC[C@]3(C)[C@H]4CC[C@]5(C)[C@@H](C6=CC(=O)OC6)CC[C@@]5(O)[C@@H]4CC[C@]3(O)C2)O[C@@H](C)[C@H]1O. The lowest BCUT2D eigenvalue weighted by molar-refractivity contribution is -0.321. The van der Waals surface area contributed by atoms with E-state index in [4.69, 9.17) is 18.9 Å². The van der Waals surface area contributed by atoms with Crippen LogP contribution in [0.25, 0.3) is 0 Å². The van der Waals surface area contributed by atoms with Gasteiger partial charge in [0.1, 0.15) is 24.9 Å². The number of esters is 1. The van der Waals surface area contributed by atoms with Crippen molar-refractivity contribution >= 4 is 5.97 Å². The van der Waals surface area contributed by atoms with Gasteiger partial charge < -0.3 is 39.4 Å². The number of carbonyl (C=O) groups excluding carboxylic acids is 1. The standard InChI is InChI=1S/C30H46O9/c1-16-23(32)25(36-4)24(33)26(38-16)39-18-5-9-27(2)20-6-10-28(3)19(17-13-22(31)37-15-17)8-12-30(28,35)21(20)7-11-29(27,34)14-18/h13,16,18-21,23-26,32-35H,5-12,14-15H2,1-4H3/t16-,18+,19+,20-,21+,23+,24-,25-,26-,27+,28+,29-,30+/m0/s1. The second-order valence-corrected chi connectivity index (χ2v) is 13.9. The topological polar surface area (TPSA) is 135 Å². The van der Waals surface area contributed by atoms with Gasteiger partial charge in [0.15, 0.2) is 6.29 Å². The molecule has 0 unspecified atom stereocenters. The van der Waals surface area contributed by atoms with Gasteiger partial charge >= 0.3 is 5.97 Å². The molecule has 220 valence electrons. The molecule has 4 aliphatic carbocycles. The first-order valence-electron chi connectivity index (χ1n) is 14.9. The number of aliphatic hydroxyl groups excluding tert-OH is 2. The molecule has 9 heteroatoms. The number of hydrogen-bond donors (Lipinski definition) is 4. The van der Waals surface area contributed by atoms with Crippen molar-refractivity contribution in [1.29, 1.82) is 0 Å². The Hall–Kier alpha value is -1.07. The van der Waals surface area contributed by atoms with E-state index < -0.39 is 41.9 Å². The summed E-state index contributed by atoms with van der Waals surface area (Å²) in [5, 5.41) is 45.7. The molecule has 6 aliphatic rings. The van der Waals surface area contributed by atoms with E-state index >= 15 is 0 Å². The van der Waals surface area contributed by atoms with Gasteiger partial charge in [-0.15, -0.1) is 0 Å². The Morgan fingerprint density at radius 3 is 2.36 bits per heavy atom. The molecule has 2 aliphatic heterocycles. The molecule has 0 amide bonds. The van der Waals surface area contributed by atoms with Gasteiger partial charge in [0.05, 0.1) is 23.4 Å². The number of cyclic esters (lactones) is 1. The van der Waals surface area contributed by atoms with E-state index in [-0.39, 0.29) is 40.7 Å². The maximum absolute atomic E-state index is 12.4. The Morgan fingerprint density at radius 2 is 1.67 bits per heavy atom. The molecule has 0 aromatic heterocycles. The highest BCUT2D eigenvalue weighted by Crippen LogP contribution is 2.70. The Kier molecular flexibility index (Phi) is 6.82. The molecular formula is C30H46O9. The summed E-state index contributed by atoms with van der Waals surface area (Å²) in [4.78, 5) is 11.8. The Bertz CT molecular complexity index is 1020. The first kappa shape index (κ1) is 28.1. The van der Waals surface area contributed by atoms with E-state index in [9.17, 15) is 25.2 Å². The zero-order valence-electron chi connectivity index (χ0n) is 23.7. The van der Waals surface area contributed by atoms with Gasteiger partial charge in [-0.05, 0) is 87.0 Å². The lowest BCUT2D eigenvalue weighted by Crippen LogP contribution is -2.67. The van der Waals surface area contributed by atoms with Gasteiger partial charge in [-0.2, -0.15) is 0 Å². The molecule has 0 aromatic carbocycles. The minimum atomic E-state index is -1.13. The fourth-order valence-corrected chi connectivity index (χ4v) is 10.1. The van der Waals surface area contributed by atoms with Crippen LogP contribution in [0.15, 0.2) is 11.6 Å². The molecule has 0 radical (unpaired) electrons. The van der Waals surface area contributed by atoms with Crippen LogP contribution in [-0.2, 0) is 23.7 Å². The van der Waals surface area contributed by atoms with E-state index in [0.717, 1.165) is 37.7 Å². The third-order valence-electron chi connectivity index (χ3n) is 12.5. The number of hydrogen-bond acceptors (Lipinski definition) is 9. The number of aliphatic hydroxyl groups is 4. The van der Waals surface area contributed by atoms with Gasteiger partial charge in [0.2, 0.25) is 0 Å². The van der Waals surface area contributed by atoms with E-state index in [0.29, 0.717) is 32.3 Å². The third kappa shape index (κ3) is 3.94. The molecule has 1 saturated heterocycles. The molecule has 5 fully saturated rings. The van der Waals surface area contributed by atoms with E-state index in [1.54, 1.807) is 13.0 Å². The summed E-state index contributed by atoms with van der Waals surface area (Å²) in [6, 6.07) is 0. The van der Waals surface area contributed by atoms with E-state index in [1.165, 1.54) is 7.11 Å².